The van der Waals surface area contributed by atoms with Crippen LogP contribution in [0.1, 0.15) is 19.3 Å². The van der Waals surface area contributed by atoms with Crippen molar-refractivity contribution in [3.8, 4) is 0 Å². The van der Waals surface area contributed by atoms with Crippen LogP contribution in [0.25, 0.3) is 0 Å². The van der Waals surface area contributed by atoms with Gasteiger partial charge in [-0.2, -0.15) is 0 Å². The first kappa shape index (κ1) is 5.06. The molecule has 1 rings (SSSR count). The fourth-order valence-electron chi connectivity index (χ4n) is 0.820. The van der Waals surface area contributed by atoms with Crippen molar-refractivity contribution in [3.05, 3.63) is 0 Å². The Hall–Kier alpha value is -0.0800. The Morgan fingerprint density at radius 3 is 2.57 bits per heavy atom. The van der Waals surface area contributed by atoms with Crippen LogP contribution in [0.15, 0.2) is 0 Å². The van der Waals surface area contributed by atoms with Gasteiger partial charge in [0.15, 0.2) is 0 Å². The first-order chi connectivity index (χ1) is 3.39. The SMILES string of the molecule is [O][C@H]1CCCCN1. The number of piperidine rings is 1. The molecule has 0 spiro atoms. The van der Waals surface area contributed by atoms with Gasteiger partial charge in [-0.15, -0.1) is 0 Å². The summed E-state index contributed by atoms with van der Waals surface area (Å²) in [6, 6.07) is 0. The average Bonchev–Trinajstić information content (AvgIpc) is 1.69. The van der Waals surface area contributed by atoms with Gasteiger partial charge in [0.05, 0.1) is 0 Å². The normalized spacial score (nSPS) is 33.0. The largest absolute Gasteiger partial charge is 0.289 e. The molecule has 1 atom stereocenters. The van der Waals surface area contributed by atoms with Crippen LogP contribution in [0.4, 0.5) is 0 Å². The Kier molecular flexibility index (Phi) is 1.65. The van der Waals surface area contributed by atoms with Crippen LogP contribution >= 0.6 is 0 Å². The lowest BCUT2D eigenvalue weighted by Gasteiger charge is -2.14. The third-order valence-electron chi connectivity index (χ3n) is 1.27. The molecule has 1 heterocycles. The average molecular weight is 100 g/mol. The smallest absolute Gasteiger partial charge is 0.143 e. The number of hydrogen-bond donors (Lipinski definition) is 1. The van der Waals surface area contributed by atoms with Crippen molar-refractivity contribution in [3.63, 3.8) is 0 Å². The lowest BCUT2D eigenvalue weighted by atomic mass is 10.1. The maximum atomic E-state index is 10.4. The van der Waals surface area contributed by atoms with Gasteiger partial charge in [-0.1, -0.05) is 0 Å². The van der Waals surface area contributed by atoms with Crippen LogP contribution in [-0.2, 0) is 5.11 Å². The van der Waals surface area contributed by atoms with Crippen molar-refractivity contribution in [2.45, 2.75) is 25.5 Å². The first-order valence-electron chi connectivity index (χ1n) is 2.79. The van der Waals surface area contributed by atoms with E-state index in [0.717, 1.165) is 19.4 Å². The summed E-state index contributed by atoms with van der Waals surface area (Å²) >= 11 is 0. The Morgan fingerprint density at radius 1 is 1.43 bits per heavy atom. The minimum Gasteiger partial charge on any atom is -0.289 e. The quantitative estimate of drug-likeness (QED) is 0.472. The van der Waals surface area contributed by atoms with Gasteiger partial charge in [0.1, 0.15) is 6.23 Å². The summed E-state index contributed by atoms with van der Waals surface area (Å²) in [5, 5.41) is 13.3. The molecular weight excluding hydrogens is 90.1 g/mol. The topological polar surface area (TPSA) is 31.9 Å². The van der Waals surface area contributed by atoms with Gasteiger partial charge < -0.3 is 0 Å². The molecule has 1 aliphatic heterocycles. The molecule has 0 saturated carbocycles. The van der Waals surface area contributed by atoms with Gasteiger partial charge in [-0.3, -0.25) is 5.32 Å². The van der Waals surface area contributed by atoms with Crippen molar-refractivity contribution in [2.75, 3.05) is 6.54 Å². The third-order valence-corrected chi connectivity index (χ3v) is 1.27. The van der Waals surface area contributed by atoms with E-state index in [1.54, 1.807) is 0 Å². The van der Waals surface area contributed by atoms with E-state index in [0.29, 0.717) is 0 Å². The first-order valence-corrected chi connectivity index (χ1v) is 2.79. The van der Waals surface area contributed by atoms with Gasteiger partial charge in [-0.05, 0) is 25.8 Å². The predicted octanol–water partition coefficient (Wildman–Crippen LogP) is 0.516. The molecule has 7 heavy (non-hydrogen) atoms. The van der Waals surface area contributed by atoms with Crippen molar-refractivity contribution < 1.29 is 5.11 Å². The lowest BCUT2D eigenvalue weighted by molar-refractivity contribution is 0.0371. The molecule has 1 aliphatic rings. The van der Waals surface area contributed by atoms with Crippen molar-refractivity contribution in [2.24, 2.45) is 0 Å². The highest BCUT2D eigenvalue weighted by atomic mass is 16.3. The van der Waals surface area contributed by atoms with Gasteiger partial charge in [0.25, 0.3) is 0 Å². The molecule has 0 aromatic heterocycles. The molecule has 1 saturated heterocycles. The Labute approximate surface area is 43.5 Å². The second kappa shape index (κ2) is 2.28. The fourth-order valence-corrected chi connectivity index (χ4v) is 0.820. The molecule has 0 bridgehead atoms. The maximum absolute atomic E-state index is 10.4. The van der Waals surface area contributed by atoms with Crippen molar-refractivity contribution in [1.82, 2.24) is 5.32 Å². The van der Waals surface area contributed by atoms with Crippen LogP contribution in [-0.4, -0.2) is 12.8 Å². The Morgan fingerprint density at radius 2 is 2.29 bits per heavy atom. The molecular formula is C5H10NO. The van der Waals surface area contributed by atoms with Crippen molar-refractivity contribution >= 4 is 0 Å². The molecule has 0 amide bonds. The highest BCUT2D eigenvalue weighted by molar-refractivity contribution is 4.60. The van der Waals surface area contributed by atoms with Gasteiger partial charge >= 0.3 is 0 Å². The van der Waals surface area contributed by atoms with E-state index in [1.165, 1.54) is 6.42 Å². The monoisotopic (exact) mass is 100 g/mol. The predicted molar refractivity (Wildman–Crippen MR) is 26.3 cm³/mol. The standard InChI is InChI=1S/C5H10NO/c7-5-3-1-2-4-6-5/h5-6H,1-4H2/t5-/m0/s1. The minimum absolute atomic E-state index is 0.464. The number of nitrogens with one attached hydrogen (secondary N) is 1. The molecule has 1 N–H and O–H groups in total. The van der Waals surface area contributed by atoms with E-state index in [-0.39, 0.29) is 0 Å². The van der Waals surface area contributed by atoms with E-state index < -0.39 is 6.23 Å². The van der Waals surface area contributed by atoms with E-state index in [1.807, 2.05) is 0 Å². The maximum Gasteiger partial charge on any atom is 0.143 e. The summed E-state index contributed by atoms with van der Waals surface area (Å²) in [4.78, 5) is 0. The van der Waals surface area contributed by atoms with Crippen molar-refractivity contribution in [1.29, 1.82) is 0 Å². The van der Waals surface area contributed by atoms with E-state index >= 15 is 0 Å². The lowest BCUT2D eigenvalue weighted by Crippen LogP contribution is -2.32. The van der Waals surface area contributed by atoms with Gasteiger partial charge in [0.2, 0.25) is 0 Å². The van der Waals surface area contributed by atoms with Crippen LogP contribution in [0, 0.1) is 0 Å². The Balaban J connectivity index is 2.12. The van der Waals surface area contributed by atoms with Gasteiger partial charge in [-0.25, -0.2) is 5.11 Å². The van der Waals surface area contributed by atoms with E-state index in [4.69, 9.17) is 0 Å². The molecule has 0 unspecified atom stereocenters. The summed E-state index contributed by atoms with van der Waals surface area (Å²) in [6.45, 7) is 0.925. The van der Waals surface area contributed by atoms with E-state index in [2.05, 4.69) is 5.32 Å². The van der Waals surface area contributed by atoms with Crippen LogP contribution < -0.4 is 5.32 Å². The van der Waals surface area contributed by atoms with Gasteiger partial charge in [0, 0.05) is 0 Å². The second-order valence-corrected chi connectivity index (χ2v) is 1.94. The molecule has 0 aromatic carbocycles. The molecule has 1 fully saturated rings. The zero-order chi connectivity index (χ0) is 5.11. The van der Waals surface area contributed by atoms with Crippen LogP contribution in [0.5, 0.6) is 0 Å². The molecule has 1 radical (unpaired) electrons. The fraction of sp³-hybridized carbons (Fsp3) is 1.00. The Bertz CT molecular complexity index is 50.0. The summed E-state index contributed by atoms with van der Waals surface area (Å²) in [5.74, 6) is 0. The highest BCUT2D eigenvalue weighted by Crippen LogP contribution is 2.03. The summed E-state index contributed by atoms with van der Waals surface area (Å²) in [6.07, 6.45) is 2.65. The van der Waals surface area contributed by atoms with Crippen LogP contribution in [0.3, 0.4) is 0 Å². The molecule has 2 heteroatoms. The molecule has 2 nitrogen and oxygen atoms in total. The molecule has 0 aliphatic carbocycles. The molecule has 41 valence electrons. The summed E-state index contributed by atoms with van der Waals surface area (Å²) in [7, 11) is 0. The minimum atomic E-state index is -0.464. The highest BCUT2D eigenvalue weighted by Gasteiger charge is 2.07. The second-order valence-electron chi connectivity index (χ2n) is 1.94. The number of hydrogen-bond acceptors (Lipinski definition) is 1. The number of rotatable bonds is 0. The molecule has 0 aromatic rings. The van der Waals surface area contributed by atoms with E-state index in [9.17, 15) is 5.11 Å². The summed E-state index contributed by atoms with van der Waals surface area (Å²) < 4.78 is 0. The van der Waals surface area contributed by atoms with Crippen LogP contribution in [0.2, 0.25) is 0 Å². The third kappa shape index (κ3) is 1.45. The zero-order valence-corrected chi connectivity index (χ0v) is 4.31. The summed E-state index contributed by atoms with van der Waals surface area (Å²) in [5.41, 5.74) is 0. The zero-order valence-electron chi connectivity index (χ0n) is 4.31.